The summed E-state index contributed by atoms with van der Waals surface area (Å²) in [5.41, 5.74) is -0.788. The largest absolute Gasteiger partial charge is 0.435 e. The number of aromatic nitrogens is 2. The van der Waals surface area contributed by atoms with Gasteiger partial charge >= 0.3 is 6.18 Å². The van der Waals surface area contributed by atoms with Crippen LogP contribution in [-0.4, -0.2) is 40.7 Å². The lowest BCUT2D eigenvalue weighted by atomic mass is 9.95. The van der Waals surface area contributed by atoms with E-state index in [0.29, 0.717) is 9.87 Å². The number of rotatable bonds is 4. The number of amides is 1. The summed E-state index contributed by atoms with van der Waals surface area (Å²) in [6.07, 6.45) is -4.73. The summed E-state index contributed by atoms with van der Waals surface area (Å²) in [4.78, 5) is 13.3. The number of sulfonamides is 1. The first-order valence-electron chi connectivity index (χ1n) is 9.27. The normalized spacial score (nSPS) is 16.8. The van der Waals surface area contributed by atoms with Crippen LogP contribution in [0.3, 0.4) is 0 Å². The van der Waals surface area contributed by atoms with Crippen molar-refractivity contribution >= 4 is 45.0 Å². The predicted octanol–water partition coefficient (Wildman–Crippen LogP) is 4.69. The molecule has 2 aromatic rings. The van der Waals surface area contributed by atoms with E-state index in [0.717, 1.165) is 17.8 Å². The fourth-order valence-electron chi connectivity index (χ4n) is 3.28. The average molecular weight is 511 g/mol. The third-order valence-electron chi connectivity index (χ3n) is 5.02. The van der Waals surface area contributed by atoms with Gasteiger partial charge in [0.25, 0.3) is 5.91 Å². The minimum absolute atomic E-state index is 0.0168. The van der Waals surface area contributed by atoms with E-state index in [-0.39, 0.29) is 27.1 Å². The van der Waals surface area contributed by atoms with Gasteiger partial charge in [0.2, 0.25) is 10.0 Å². The van der Waals surface area contributed by atoms with E-state index in [4.69, 9.17) is 23.2 Å². The van der Waals surface area contributed by atoms with Gasteiger partial charge < -0.3 is 5.32 Å². The second-order valence-electron chi connectivity index (χ2n) is 7.46. The number of likely N-dealkylation sites (N-methyl/N-ethyl adjacent to an activating group) is 1. The van der Waals surface area contributed by atoms with Crippen LogP contribution in [0, 0.1) is 0 Å². The van der Waals surface area contributed by atoms with Gasteiger partial charge in [0.1, 0.15) is 11.9 Å². The van der Waals surface area contributed by atoms with E-state index in [9.17, 15) is 26.4 Å². The minimum atomic E-state index is -4.73. The molecule has 1 aliphatic heterocycles. The van der Waals surface area contributed by atoms with Crippen molar-refractivity contribution in [3.05, 3.63) is 56.8 Å². The van der Waals surface area contributed by atoms with Gasteiger partial charge in [-0.15, -0.1) is 0 Å². The van der Waals surface area contributed by atoms with E-state index in [1.807, 2.05) is 0 Å². The lowest BCUT2D eigenvalue weighted by molar-refractivity contribution is -0.141. The summed E-state index contributed by atoms with van der Waals surface area (Å²) in [6.45, 7) is 4.30. The molecule has 7 nitrogen and oxygen atoms in total. The van der Waals surface area contributed by atoms with Crippen molar-refractivity contribution in [3.8, 4) is 0 Å². The van der Waals surface area contributed by atoms with Crippen LogP contribution in [0.5, 0.6) is 0 Å². The lowest BCUT2D eigenvalue weighted by Crippen LogP contribution is -2.42. The maximum atomic E-state index is 13.3. The number of fused-ring (bicyclic) bond motifs is 1. The molecule has 1 unspecified atom stereocenters. The highest BCUT2D eigenvalue weighted by atomic mass is 35.5. The second kappa shape index (κ2) is 8.27. The summed E-state index contributed by atoms with van der Waals surface area (Å²) in [6, 6.07) is 3.94. The number of nitrogens with zero attached hydrogens (tertiary/aromatic N) is 3. The zero-order chi connectivity index (χ0) is 24.2. The standard InChI is InChI=1S/C19H19Cl2F3N4O3S/c1-9(2)32(30,31)27(4)18(29)16-10(3)25-15-8-14(19(22,23)24)26-28(15)17(16)11-5-6-12(20)13(21)7-11/h5-9,17,25H,1-4H3. The van der Waals surface area contributed by atoms with E-state index in [1.165, 1.54) is 39.0 Å². The zero-order valence-electron chi connectivity index (χ0n) is 17.3. The highest BCUT2D eigenvalue weighted by Crippen LogP contribution is 2.41. The van der Waals surface area contributed by atoms with Crippen LogP contribution in [0.15, 0.2) is 35.5 Å². The number of nitrogens with one attached hydrogen (secondary N) is 1. The molecule has 3 rings (SSSR count). The molecule has 0 bridgehead atoms. The molecule has 0 spiro atoms. The molecule has 1 N–H and O–H groups in total. The number of allylic oxidation sites excluding steroid dienone is 1. The highest BCUT2D eigenvalue weighted by Gasteiger charge is 2.41. The van der Waals surface area contributed by atoms with Crippen LogP contribution in [0.25, 0.3) is 0 Å². The van der Waals surface area contributed by atoms with Crippen molar-refractivity contribution in [1.82, 2.24) is 14.1 Å². The van der Waals surface area contributed by atoms with Crippen LogP contribution >= 0.6 is 23.2 Å². The van der Waals surface area contributed by atoms with Gasteiger partial charge in [0.05, 0.1) is 20.9 Å². The quantitative estimate of drug-likeness (QED) is 0.644. The molecule has 1 aliphatic rings. The minimum Gasteiger partial charge on any atom is -0.344 e. The highest BCUT2D eigenvalue weighted by molar-refractivity contribution is 7.90. The first-order valence-corrected chi connectivity index (χ1v) is 11.5. The number of carbonyl (C=O) groups excluding carboxylic acids is 1. The molecule has 1 amide bonds. The summed E-state index contributed by atoms with van der Waals surface area (Å²) in [5, 5.41) is 5.80. The molecule has 0 radical (unpaired) electrons. The summed E-state index contributed by atoms with van der Waals surface area (Å²) >= 11 is 12.1. The molecule has 0 fully saturated rings. The van der Waals surface area contributed by atoms with Crippen LogP contribution in [0.2, 0.25) is 10.0 Å². The molecule has 32 heavy (non-hydrogen) atoms. The Balaban J connectivity index is 2.23. The topological polar surface area (TPSA) is 84.3 Å². The molecule has 1 aromatic heterocycles. The number of anilines is 1. The monoisotopic (exact) mass is 510 g/mol. The number of carbonyl (C=O) groups is 1. The summed E-state index contributed by atoms with van der Waals surface area (Å²) < 4.78 is 66.8. The van der Waals surface area contributed by atoms with E-state index in [1.54, 1.807) is 0 Å². The zero-order valence-corrected chi connectivity index (χ0v) is 19.7. The Kier molecular flexibility index (Phi) is 6.31. The smallest absolute Gasteiger partial charge is 0.344 e. The number of benzene rings is 1. The van der Waals surface area contributed by atoms with Gasteiger partial charge in [0, 0.05) is 18.8 Å². The third kappa shape index (κ3) is 4.20. The Bertz CT molecular complexity index is 1220. The fraction of sp³-hybridized carbons (Fsp3) is 0.368. The van der Waals surface area contributed by atoms with Crippen LogP contribution in [0.1, 0.15) is 38.1 Å². The Morgan fingerprint density at radius 1 is 1.22 bits per heavy atom. The number of halogens is 5. The van der Waals surface area contributed by atoms with Crippen molar-refractivity contribution in [2.24, 2.45) is 0 Å². The number of hydrogen-bond acceptors (Lipinski definition) is 5. The summed E-state index contributed by atoms with van der Waals surface area (Å²) in [7, 11) is -2.90. The summed E-state index contributed by atoms with van der Waals surface area (Å²) in [5.74, 6) is -0.925. The van der Waals surface area contributed by atoms with Gasteiger partial charge in [-0.3, -0.25) is 4.79 Å². The molecule has 0 aliphatic carbocycles. The second-order valence-corrected chi connectivity index (χ2v) is 10.8. The predicted molar refractivity (Wildman–Crippen MR) is 115 cm³/mol. The number of hydrogen-bond donors (Lipinski definition) is 1. The van der Waals surface area contributed by atoms with E-state index in [2.05, 4.69) is 10.4 Å². The van der Waals surface area contributed by atoms with Crippen molar-refractivity contribution in [2.75, 3.05) is 12.4 Å². The van der Waals surface area contributed by atoms with E-state index < -0.39 is 39.1 Å². The van der Waals surface area contributed by atoms with Gasteiger partial charge in [-0.25, -0.2) is 17.4 Å². The molecule has 0 saturated carbocycles. The molecule has 13 heteroatoms. The molecular formula is C19H19Cl2F3N4O3S. The van der Waals surface area contributed by atoms with Gasteiger partial charge in [-0.2, -0.15) is 18.3 Å². The maximum absolute atomic E-state index is 13.3. The van der Waals surface area contributed by atoms with Gasteiger partial charge in [0.15, 0.2) is 5.69 Å². The van der Waals surface area contributed by atoms with Crippen molar-refractivity contribution in [2.45, 2.75) is 38.2 Å². The van der Waals surface area contributed by atoms with Crippen LogP contribution in [-0.2, 0) is 21.0 Å². The molecule has 174 valence electrons. The first-order chi connectivity index (χ1) is 14.7. The molecule has 2 heterocycles. The van der Waals surface area contributed by atoms with Crippen LogP contribution < -0.4 is 5.32 Å². The van der Waals surface area contributed by atoms with Crippen LogP contribution in [0.4, 0.5) is 19.0 Å². The van der Waals surface area contributed by atoms with Crippen molar-refractivity contribution in [1.29, 1.82) is 0 Å². The molecule has 1 aromatic carbocycles. The van der Waals surface area contributed by atoms with Gasteiger partial charge in [-0.1, -0.05) is 29.3 Å². The SMILES string of the molecule is CC1=C(C(=O)N(C)S(=O)(=O)C(C)C)C(c2ccc(Cl)c(Cl)c2)n2nc(C(F)(F)F)cc2N1. The fourth-order valence-corrected chi connectivity index (χ4v) is 4.55. The molecule has 1 atom stereocenters. The van der Waals surface area contributed by atoms with Gasteiger partial charge in [-0.05, 0) is 38.5 Å². The third-order valence-corrected chi connectivity index (χ3v) is 7.88. The Morgan fingerprint density at radius 3 is 2.38 bits per heavy atom. The lowest BCUT2D eigenvalue weighted by Gasteiger charge is -2.32. The Morgan fingerprint density at radius 2 is 1.84 bits per heavy atom. The first kappa shape index (κ1) is 24.4. The van der Waals surface area contributed by atoms with Crippen molar-refractivity contribution < 1.29 is 26.4 Å². The Hall–Kier alpha value is -2.24. The van der Waals surface area contributed by atoms with E-state index >= 15 is 0 Å². The number of alkyl halides is 3. The average Bonchev–Trinajstić information content (AvgIpc) is 3.11. The van der Waals surface area contributed by atoms with Crippen molar-refractivity contribution in [3.63, 3.8) is 0 Å². The Labute approximate surface area is 192 Å². The maximum Gasteiger partial charge on any atom is 0.435 e. The molecule has 0 saturated heterocycles. The molecular weight excluding hydrogens is 492 g/mol.